The summed E-state index contributed by atoms with van der Waals surface area (Å²) in [6.07, 6.45) is 4.19. The highest BCUT2D eigenvalue weighted by molar-refractivity contribution is 4.86. The minimum Gasteiger partial charge on any atom is -0.314 e. The molecule has 0 radical (unpaired) electrons. The first kappa shape index (κ1) is 7.56. The maximum Gasteiger partial charge on any atom is 0.0120 e. The van der Waals surface area contributed by atoms with Crippen LogP contribution < -0.4 is 5.32 Å². The molecule has 0 aliphatic carbocycles. The van der Waals surface area contributed by atoms with Gasteiger partial charge in [0.1, 0.15) is 0 Å². The molecule has 0 aromatic carbocycles. The molecule has 2 rings (SSSR count). The maximum atomic E-state index is 3.61. The third kappa shape index (κ3) is 1.57. The van der Waals surface area contributed by atoms with Crippen LogP contribution in [0.5, 0.6) is 0 Å². The van der Waals surface area contributed by atoms with Crippen molar-refractivity contribution in [2.45, 2.75) is 25.3 Å². The molecule has 0 aromatic heterocycles. The third-order valence-electron chi connectivity index (χ3n) is 3.10. The van der Waals surface area contributed by atoms with Crippen molar-refractivity contribution in [2.75, 3.05) is 26.7 Å². The summed E-state index contributed by atoms with van der Waals surface area (Å²) < 4.78 is 0. The molecular formula is C9H20N2. The predicted octanol–water partition coefficient (Wildman–Crippen LogP) is 0.936. The van der Waals surface area contributed by atoms with Gasteiger partial charge in [-0.2, -0.15) is 0 Å². The Hall–Kier alpha value is -0.0800. The first-order valence-corrected chi connectivity index (χ1v) is 4.78. The lowest BCUT2D eigenvalue weighted by Gasteiger charge is -2.40. The van der Waals surface area contributed by atoms with Gasteiger partial charge in [0.25, 0.3) is 0 Å². The molecule has 0 unspecified atom stereocenters. The third-order valence-corrected chi connectivity index (χ3v) is 3.10. The number of likely N-dealkylation sites (tertiary alicyclic amines) is 1. The highest BCUT2D eigenvalue weighted by Gasteiger charge is 2.28. The summed E-state index contributed by atoms with van der Waals surface area (Å²) in [6, 6.07) is 0.847. The summed E-state index contributed by atoms with van der Waals surface area (Å²) in [5, 5.41) is 3.61. The van der Waals surface area contributed by atoms with Gasteiger partial charge in [0, 0.05) is 14.0 Å². The maximum absolute atomic E-state index is 3.61. The molecule has 1 N–H and O–H groups in total. The largest absolute Gasteiger partial charge is 0.314 e. The molecule has 2 aliphatic rings. The summed E-state index contributed by atoms with van der Waals surface area (Å²) >= 11 is 0. The van der Waals surface area contributed by atoms with Gasteiger partial charge < -0.3 is 10.2 Å². The van der Waals surface area contributed by atoms with Gasteiger partial charge in [-0.25, -0.2) is 0 Å². The minimum absolute atomic E-state index is 0. The summed E-state index contributed by atoms with van der Waals surface area (Å²) in [4.78, 5) is 2.47. The minimum atomic E-state index is 0. The number of piperidine rings is 2. The molecular weight excluding hydrogens is 136 g/mol. The molecule has 2 saturated heterocycles. The molecule has 2 fully saturated rings. The van der Waals surface area contributed by atoms with Gasteiger partial charge in [-0.15, -0.1) is 0 Å². The number of nitrogens with one attached hydrogen (secondary N) is 1. The Labute approximate surface area is 70.4 Å². The summed E-state index contributed by atoms with van der Waals surface area (Å²) in [5.74, 6) is 0.947. The van der Waals surface area contributed by atoms with Gasteiger partial charge in [-0.05, 0) is 45.3 Å². The number of hydrogen-bond acceptors (Lipinski definition) is 2. The van der Waals surface area contributed by atoms with E-state index in [1.807, 2.05) is 0 Å². The van der Waals surface area contributed by atoms with E-state index in [4.69, 9.17) is 0 Å². The van der Waals surface area contributed by atoms with Crippen LogP contribution in [0.1, 0.15) is 20.7 Å². The lowest BCUT2D eigenvalue weighted by molar-refractivity contribution is 0.135. The smallest absolute Gasteiger partial charge is 0.0120 e. The fourth-order valence-corrected chi connectivity index (χ4v) is 2.43. The van der Waals surface area contributed by atoms with Crippen LogP contribution >= 0.6 is 0 Å². The SMILES string of the molecule is CN1CC[C@H]2NCCC[C@H]2C1.[HH]. The predicted molar refractivity (Wildman–Crippen MR) is 48.7 cm³/mol. The average molecular weight is 156 g/mol. The van der Waals surface area contributed by atoms with Crippen LogP contribution in [-0.4, -0.2) is 37.6 Å². The second-order valence-corrected chi connectivity index (χ2v) is 4.01. The molecule has 0 aromatic rings. The van der Waals surface area contributed by atoms with E-state index in [2.05, 4.69) is 17.3 Å². The van der Waals surface area contributed by atoms with Crippen molar-refractivity contribution in [1.29, 1.82) is 0 Å². The monoisotopic (exact) mass is 156 g/mol. The van der Waals surface area contributed by atoms with Gasteiger partial charge in [0.05, 0.1) is 0 Å². The molecule has 2 heterocycles. The zero-order chi connectivity index (χ0) is 7.68. The topological polar surface area (TPSA) is 15.3 Å². The van der Waals surface area contributed by atoms with E-state index in [-0.39, 0.29) is 1.43 Å². The summed E-state index contributed by atoms with van der Waals surface area (Å²) in [6.45, 7) is 3.86. The summed E-state index contributed by atoms with van der Waals surface area (Å²) in [5.41, 5.74) is 0. The van der Waals surface area contributed by atoms with Crippen LogP contribution in [0.2, 0.25) is 0 Å². The molecule has 66 valence electrons. The van der Waals surface area contributed by atoms with Crippen LogP contribution in [0.25, 0.3) is 0 Å². The molecule has 0 spiro atoms. The number of fused-ring (bicyclic) bond motifs is 1. The molecule has 2 aliphatic heterocycles. The standard InChI is InChI=1S/C9H18N2.H2/c1-11-6-4-9-8(7-11)3-2-5-10-9;/h8-10H,2-7H2,1H3;1H/t8-,9+;/m0./s1. The molecule has 2 nitrogen and oxygen atoms in total. The Morgan fingerprint density at radius 3 is 3.27 bits per heavy atom. The molecule has 11 heavy (non-hydrogen) atoms. The van der Waals surface area contributed by atoms with Crippen LogP contribution in [0, 0.1) is 5.92 Å². The lowest BCUT2D eigenvalue weighted by atomic mass is 9.86. The van der Waals surface area contributed by atoms with Gasteiger partial charge in [-0.1, -0.05) is 0 Å². The van der Waals surface area contributed by atoms with E-state index < -0.39 is 0 Å². The number of rotatable bonds is 0. The van der Waals surface area contributed by atoms with Crippen molar-refractivity contribution >= 4 is 0 Å². The number of nitrogens with zero attached hydrogens (tertiary/aromatic N) is 1. The van der Waals surface area contributed by atoms with E-state index in [1.54, 1.807) is 0 Å². The van der Waals surface area contributed by atoms with Crippen molar-refractivity contribution in [1.82, 2.24) is 10.2 Å². The number of hydrogen-bond donors (Lipinski definition) is 1. The van der Waals surface area contributed by atoms with E-state index in [1.165, 1.54) is 38.9 Å². The van der Waals surface area contributed by atoms with Crippen LogP contribution in [0.3, 0.4) is 0 Å². The highest BCUT2D eigenvalue weighted by Crippen LogP contribution is 2.23. The Bertz CT molecular complexity index is 140. The van der Waals surface area contributed by atoms with Gasteiger partial charge in [0.15, 0.2) is 0 Å². The fraction of sp³-hybridized carbons (Fsp3) is 1.00. The van der Waals surface area contributed by atoms with Crippen LogP contribution in [0.4, 0.5) is 0 Å². The Morgan fingerprint density at radius 1 is 1.45 bits per heavy atom. The lowest BCUT2D eigenvalue weighted by Crippen LogP contribution is -2.50. The van der Waals surface area contributed by atoms with E-state index in [0.717, 1.165) is 12.0 Å². The van der Waals surface area contributed by atoms with Gasteiger partial charge in [-0.3, -0.25) is 0 Å². The molecule has 2 heteroatoms. The zero-order valence-electron chi connectivity index (χ0n) is 7.34. The quantitative estimate of drug-likeness (QED) is 0.561. The van der Waals surface area contributed by atoms with E-state index in [9.17, 15) is 0 Å². The molecule has 0 bridgehead atoms. The molecule has 2 atom stereocenters. The van der Waals surface area contributed by atoms with E-state index >= 15 is 0 Å². The fourth-order valence-electron chi connectivity index (χ4n) is 2.43. The summed E-state index contributed by atoms with van der Waals surface area (Å²) in [7, 11) is 2.24. The van der Waals surface area contributed by atoms with Crippen molar-refractivity contribution in [3.63, 3.8) is 0 Å². The van der Waals surface area contributed by atoms with Crippen molar-refractivity contribution in [3.05, 3.63) is 0 Å². The van der Waals surface area contributed by atoms with Crippen molar-refractivity contribution < 1.29 is 1.43 Å². The second-order valence-electron chi connectivity index (χ2n) is 4.01. The highest BCUT2D eigenvalue weighted by atomic mass is 15.1. The molecule has 0 saturated carbocycles. The van der Waals surface area contributed by atoms with Crippen molar-refractivity contribution in [3.8, 4) is 0 Å². The average Bonchev–Trinajstić information content (AvgIpc) is 2.04. The van der Waals surface area contributed by atoms with Crippen LogP contribution in [-0.2, 0) is 0 Å². The second kappa shape index (κ2) is 3.11. The first-order valence-electron chi connectivity index (χ1n) is 4.78. The molecule has 0 amide bonds. The normalized spacial score (nSPS) is 40.1. The zero-order valence-corrected chi connectivity index (χ0v) is 7.34. The van der Waals surface area contributed by atoms with E-state index in [0.29, 0.717) is 0 Å². The first-order chi connectivity index (χ1) is 5.36. The Kier molecular flexibility index (Phi) is 2.14. The van der Waals surface area contributed by atoms with Gasteiger partial charge in [0.2, 0.25) is 0 Å². The van der Waals surface area contributed by atoms with Crippen LogP contribution in [0.15, 0.2) is 0 Å². The Morgan fingerprint density at radius 2 is 2.36 bits per heavy atom. The Balaban J connectivity index is 0.000000720. The van der Waals surface area contributed by atoms with Crippen molar-refractivity contribution in [2.24, 2.45) is 5.92 Å². The van der Waals surface area contributed by atoms with Gasteiger partial charge >= 0.3 is 0 Å².